The molecule has 174 valence electrons. The first-order valence-electron chi connectivity index (χ1n) is 10.7. The number of nitrogens with one attached hydrogen (secondary N) is 2. The van der Waals surface area contributed by atoms with Gasteiger partial charge in [0.05, 0.1) is 5.69 Å². The van der Waals surface area contributed by atoms with Crippen molar-refractivity contribution < 1.29 is 28.2 Å². The van der Waals surface area contributed by atoms with Gasteiger partial charge in [0.25, 0.3) is 17.4 Å². The van der Waals surface area contributed by atoms with Crippen molar-refractivity contribution in [3.63, 3.8) is 0 Å². The number of rotatable bonds is 7. The molecule has 0 bridgehead atoms. The van der Waals surface area contributed by atoms with E-state index in [1.54, 1.807) is 0 Å². The first kappa shape index (κ1) is 23.0. The van der Waals surface area contributed by atoms with E-state index in [1.165, 1.54) is 19.1 Å². The van der Waals surface area contributed by atoms with Crippen LogP contribution in [0.3, 0.4) is 0 Å². The second-order valence-corrected chi connectivity index (χ2v) is 8.04. The minimum Gasteiger partial charge on any atom is -0.465 e. The van der Waals surface area contributed by atoms with E-state index in [9.17, 15) is 18.8 Å². The number of carbonyl (C=O) groups is 3. The van der Waals surface area contributed by atoms with Crippen LogP contribution in [0.25, 0.3) is 0 Å². The fourth-order valence-corrected chi connectivity index (χ4v) is 3.51. The molecule has 1 heterocycles. The van der Waals surface area contributed by atoms with Crippen LogP contribution in [0, 0.1) is 5.82 Å². The Morgan fingerprint density at radius 2 is 1.68 bits per heavy atom. The molecule has 2 atom stereocenters. The molecule has 8 heteroatoms. The van der Waals surface area contributed by atoms with Gasteiger partial charge in [-0.3, -0.25) is 9.59 Å². The van der Waals surface area contributed by atoms with Crippen LogP contribution in [0.5, 0.6) is 5.75 Å². The maximum Gasteiger partial charge on any atom is 0.329 e. The second kappa shape index (κ2) is 9.74. The molecule has 2 N–H and O–H groups in total. The van der Waals surface area contributed by atoms with Crippen LogP contribution in [0.15, 0.2) is 78.9 Å². The van der Waals surface area contributed by atoms with Crippen LogP contribution in [0.4, 0.5) is 10.1 Å². The van der Waals surface area contributed by atoms with E-state index >= 15 is 0 Å². The highest BCUT2D eigenvalue weighted by Gasteiger charge is 2.48. The highest BCUT2D eigenvalue weighted by molar-refractivity contribution is 6.15. The first-order chi connectivity index (χ1) is 16.3. The Hall–Kier alpha value is -4.20. The number of benzene rings is 3. The first-order valence-corrected chi connectivity index (χ1v) is 10.7. The quantitative estimate of drug-likeness (QED) is 0.415. The summed E-state index contributed by atoms with van der Waals surface area (Å²) in [5.41, 5.74) is -0.188. The number of hydrogen-bond donors (Lipinski definition) is 2. The van der Waals surface area contributed by atoms with Gasteiger partial charge in [-0.1, -0.05) is 60.7 Å². The lowest BCUT2D eigenvalue weighted by atomic mass is 9.99. The highest BCUT2D eigenvalue weighted by Crippen LogP contribution is 2.34. The number of amides is 2. The summed E-state index contributed by atoms with van der Waals surface area (Å²) >= 11 is 0. The number of hydrogen-bond acceptors (Lipinski definition) is 5. The van der Waals surface area contributed by atoms with E-state index < -0.39 is 35.2 Å². The Morgan fingerprint density at radius 3 is 2.35 bits per heavy atom. The maximum atomic E-state index is 13.7. The molecule has 1 aliphatic rings. The average molecular weight is 462 g/mol. The van der Waals surface area contributed by atoms with Gasteiger partial charge in [0.1, 0.15) is 24.2 Å². The predicted molar refractivity (Wildman–Crippen MR) is 122 cm³/mol. The fraction of sp³-hybridized carbons (Fsp3) is 0.192. The Balaban J connectivity index is 1.53. The maximum absolute atomic E-state index is 13.7. The standard InChI is InChI=1S/C26H23FN2O5/c1-26(24(31)28-20-13-12-19(27)15-22(20)34-26)25(32)29-21(14-17-8-4-2-5-9-17)23(30)33-16-18-10-6-3-7-11-18/h2-13,15,21H,14,16H2,1H3,(H,28,31)(H,29,32)/t21-,26+/m1/s1. The number of ether oxygens (including phenoxy) is 2. The van der Waals surface area contributed by atoms with Crippen molar-refractivity contribution in [2.45, 2.75) is 31.6 Å². The van der Waals surface area contributed by atoms with Gasteiger partial charge < -0.3 is 20.1 Å². The van der Waals surface area contributed by atoms with Crippen LogP contribution in [-0.2, 0) is 32.1 Å². The summed E-state index contributed by atoms with van der Waals surface area (Å²) in [5, 5.41) is 5.14. The molecule has 0 radical (unpaired) electrons. The molecule has 0 fully saturated rings. The topological polar surface area (TPSA) is 93.7 Å². The molecule has 7 nitrogen and oxygen atoms in total. The van der Waals surface area contributed by atoms with Crippen LogP contribution in [-0.4, -0.2) is 29.4 Å². The summed E-state index contributed by atoms with van der Waals surface area (Å²) in [6.07, 6.45) is 0.142. The third kappa shape index (κ3) is 5.06. The van der Waals surface area contributed by atoms with E-state index in [0.29, 0.717) is 0 Å². The molecule has 0 aromatic heterocycles. The van der Waals surface area contributed by atoms with Gasteiger partial charge in [0, 0.05) is 12.5 Å². The average Bonchev–Trinajstić information content (AvgIpc) is 2.84. The van der Waals surface area contributed by atoms with Crippen LogP contribution in [0.1, 0.15) is 18.1 Å². The molecule has 0 aliphatic carbocycles. The largest absolute Gasteiger partial charge is 0.465 e. The van der Waals surface area contributed by atoms with Crippen LogP contribution >= 0.6 is 0 Å². The Bertz CT molecular complexity index is 1200. The number of anilines is 1. The molecule has 1 aliphatic heterocycles. The molecular weight excluding hydrogens is 439 g/mol. The van der Waals surface area contributed by atoms with Gasteiger partial charge in [-0.15, -0.1) is 0 Å². The smallest absolute Gasteiger partial charge is 0.329 e. The van der Waals surface area contributed by atoms with Crippen LogP contribution < -0.4 is 15.4 Å². The third-order valence-corrected chi connectivity index (χ3v) is 5.47. The molecular formula is C26H23FN2O5. The predicted octanol–water partition coefficient (Wildman–Crippen LogP) is 3.39. The molecule has 2 amide bonds. The fourth-order valence-electron chi connectivity index (χ4n) is 3.51. The van der Waals surface area contributed by atoms with E-state index in [2.05, 4.69) is 10.6 Å². The van der Waals surface area contributed by atoms with Gasteiger partial charge >= 0.3 is 5.97 Å². The summed E-state index contributed by atoms with van der Waals surface area (Å²) in [6, 6.07) is 20.7. The lowest BCUT2D eigenvalue weighted by molar-refractivity contribution is -0.154. The lowest BCUT2D eigenvalue weighted by Gasteiger charge is -2.34. The number of fused-ring (bicyclic) bond motifs is 1. The summed E-state index contributed by atoms with van der Waals surface area (Å²) in [6.45, 7) is 1.29. The van der Waals surface area contributed by atoms with Gasteiger partial charge in [0.15, 0.2) is 0 Å². The van der Waals surface area contributed by atoms with Crippen molar-refractivity contribution in [3.8, 4) is 5.75 Å². The van der Waals surface area contributed by atoms with E-state index in [-0.39, 0.29) is 24.5 Å². The molecule has 0 saturated carbocycles. The highest BCUT2D eigenvalue weighted by atomic mass is 19.1. The lowest BCUT2D eigenvalue weighted by Crippen LogP contribution is -2.61. The number of carbonyl (C=O) groups excluding carboxylic acids is 3. The Labute approximate surface area is 195 Å². The zero-order valence-electron chi connectivity index (χ0n) is 18.4. The molecule has 0 spiro atoms. The van der Waals surface area contributed by atoms with Gasteiger partial charge in [-0.25, -0.2) is 9.18 Å². The van der Waals surface area contributed by atoms with E-state index in [1.807, 2.05) is 60.7 Å². The minimum absolute atomic E-state index is 0.0171. The summed E-state index contributed by atoms with van der Waals surface area (Å²) in [5.74, 6) is -2.81. The zero-order chi connectivity index (χ0) is 24.1. The summed E-state index contributed by atoms with van der Waals surface area (Å²) < 4.78 is 24.7. The van der Waals surface area contributed by atoms with Crippen molar-refractivity contribution in [2.75, 3.05) is 5.32 Å². The summed E-state index contributed by atoms with van der Waals surface area (Å²) in [7, 11) is 0. The second-order valence-electron chi connectivity index (χ2n) is 8.04. The molecule has 3 aromatic carbocycles. The molecule has 3 aromatic rings. The van der Waals surface area contributed by atoms with Crippen molar-refractivity contribution in [1.82, 2.24) is 5.32 Å². The minimum atomic E-state index is -2.02. The van der Waals surface area contributed by atoms with E-state index in [0.717, 1.165) is 17.2 Å². The Morgan fingerprint density at radius 1 is 1.03 bits per heavy atom. The molecule has 4 rings (SSSR count). The summed E-state index contributed by atoms with van der Waals surface area (Å²) in [4.78, 5) is 38.9. The van der Waals surface area contributed by atoms with Crippen molar-refractivity contribution >= 4 is 23.5 Å². The van der Waals surface area contributed by atoms with Gasteiger partial charge in [0.2, 0.25) is 0 Å². The van der Waals surface area contributed by atoms with Crippen molar-refractivity contribution in [1.29, 1.82) is 0 Å². The van der Waals surface area contributed by atoms with E-state index in [4.69, 9.17) is 9.47 Å². The number of halogens is 1. The van der Waals surface area contributed by atoms with Gasteiger partial charge in [-0.2, -0.15) is 0 Å². The van der Waals surface area contributed by atoms with Crippen molar-refractivity contribution in [3.05, 3.63) is 95.8 Å². The monoisotopic (exact) mass is 462 g/mol. The zero-order valence-corrected chi connectivity index (χ0v) is 18.4. The van der Waals surface area contributed by atoms with Crippen molar-refractivity contribution in [2.24, 2.45) is 0 Å². The Kier molecular flexibility index (Phi) is 6.58. The van der Waals surface area contributed by atoms with Gasteiger partial charge in [-0.05, 0) is 30.2 Å². The SMILES string of the molecule is C[C@]1(C(=O)N[C@H](Cc2ccccc2)C(=O)OCc2ccccc2)Oc2cc(F)ccc2NC1=O. The third-order valence-electron chi connectivity index (χ3n) is 5.47. The number of esters is 1. The normalized spacial score (nSPS) is 17.5. The molecule has 34 heavy (non-hydrogen) atoms. The van der Waals surface area contributed by atoms with Crippen LogP contribution in [0.2, 0.25) is 0 Å². The molecule has 0 unspecified atom stereocenters. The molecule has 0 saturated heterocycles.